The summed E-state index contributed by atoms with van der Waals surface area (Å²) in [5.74, 6) is 1.48. The summed E-state index contributed by atoms with van der Waals surface area (Å²) < 4.78 is 12.1. The summed E-state index contributed by atoms with van der Waals surface area (Å²) in [4.78, 5) is 0. The van der Waals surface area contributed by atoms with Gasteiger partial charge in [0, 0.05) is 0 Å². The molecule has 1 aliphatic carbocycles. The number of aryl methyl sites for hydroxylation is 1. The Bertz CT molecular complexity index is 718. The predicted molar refractivity (Wildman–Crippen MR) is 124 cm³/mol. The van der Waals surface area contributed by atoms with E-state index in [9.17, 15) is 4.39 Å². The van der Waals surface area contributed by atoms with E-state index in [1.54, 1.807) is 6.08 Å². The Morgan fingerprint density at radius 3 is 2.10 bits per heavy atom. The first-order chi connectivity index (χ1) is 14.3. The highest BCUT2D eigenvalue weighted by atomic mass is 19.1. The Morgan fingerprint density at radius 2 is 1.48 bits per heavy atom. The van der Waals surface area contributed by atoms with Gasteiger partial charge in [0.25, 0.3) is 0 Å². The zero-order chi connectivity index (χ0) is 20.3. The Balaban J connectivity index is 1.50. The minimum Gasteiger partial charge on any atom is -0.216 e. The van der Waals surface area contributed by atoms with Crippen LogP contribution in [-0.4, -0.2) is 0 Å². The SMILES string of the molecule is CCCCCCc1ccc(-c2ccc([C@H]3CC[C@H](CCC=CF)CC3)cc2)cc1. The van der Waals surface area contributed by atoms with Crippen molar-refractivity contribution in [3.63, 3.8) is 0 Å². The molecule has 2 aromatic rings. The summed E-state index contributed by atoms with van der Waals surface area (Å²) in [5.41, 5.74) is 5.58. The number of unbranched alkanes of at least 4 members (excludes halogenated alkanes) is 3. The van der Waals surface area contributed by atoms with Crippen LogP contribution in [-0.2, 0) is 6.42 Å². The van der Waals surface area contributed by atoms with Crippen LogP contribution in [0.1, 0.15) is 88.2 Å². The monoisotopic (exact) mass is 392 g/mol. The van der Waals surface area contributed by atoms with Crippen LogP contribution < -0.4 is 0 Å². The lowest BCUT2D eigenvalue weighted by molar-refractivity contribution is 0.311. The van der Waals surface area contributed by atoms with E-state index in [-0.39, 0.29) is 0 Å². The Labute approximate surface area is 177 Å². The summed E-state index contributed by atoms with van der Waals surface area (Å²) in [7, 11) is 0. The molecule has 29 heavy (non-hydrogen) atoms. The largest absolute Gasteiger partial charge is 0.216 e. The molecule has 0 radical (unpaired) electrons. The average molecular weight is 393 g/mol. The maximum Gasteiger partial charge on any atom is 0.0827 e. The minimum absolute atomic E-state index is 0.689. The van der Waals surface area contributed by atoms with Crippen LogP contribution >= 0.6 is 0 Å². The highest BCUT2D eigenvalue weighted by Gasteiger charge is 2.21. The molecule has 1 aliphatic rings. The molecule has 0 nitrogen and oxygen atoms in total. The molecule has 156 valence electrons. The maximum atomic E-state index is 12.1. The second-order valence-corrected chi connectivity index (χ2v) is 8.79. The van der Waals surface area contributed by atoms with Gasteiger partial charge in [-0.2, -0.15) is 0 Å². The molecule has 0 N–H and O–H groups in total. The lowest BCUT2D eigenvalue weighted by atomic mass is 9.77. The molecule has 3 rings (SSSR count). The second-order valence-electron chi connectivity index (χ2n) is 8.79. The summed E-state index contributed by atoms with van der Waals surface area (Å²) in [6.07, 6.45) is 16.0. The molecule has 0 aliphatic heterocycles. The van der Waals surface area contributed by atoms with Crippen LogP contribution in [0.5, 0.6) is 0 Å². The van der Waals surface area contributed by atoms with Crippen LogP contribution in [0.3, 0.4) is 0 Å². The molecule has 0 bridgehead atoms. The third-order valence-corrected chi connectivity index (χ3v) is 6.67. The number of rotatable bonds is 10. The fourth-order valence-corrected chi connectivity index (χ4v) is 4.75. The van der Waals surface area contributed by atoms with Gasteiger partial charge in [-0.1, -0.05) is 80.8 Å². The first-order valence-electron chi connectivity index (χ1n) is 11.7. The molecule has 1 saturated carbocycles. The maximum absolute atomic E-state index is 12.1. The van der Waals surface area contributed by atoms with E-state index in [0.717, 1.165) is 18.8 Å². The first-order valence-corrected chi connectivity index (χ1v) is 11.7. The van der Waals surface area contributed by atoms with E-state index in [1.165, 1.54) is 80.0 Å². The third kappa shape index (κ3) is 6.84. The molecule has 0 amide bonds. The van der Waals surface area contributed by atoms with Gasteiger partial charge in [-0.05, 0) is 85.5 Å². The summed E-state index contributed by atoms with van der Waals surface area (Å²) in [6.45, 7) is 2.26. The van der Waals surface area contributed by atoms with Crippen LogP contribution in [0.4, 0.5) is 4.39 Å². The van der Waals surface area contributed by atoms with Crippen molar-refractivity contribution in [2.45, 2.75) is 83.5 Å². The first kappa shape index (κ1) is 21.8. The third-order valence-electron chi connectivity index (χ3n) is 6.67. The molecule has 0 aromatic heterocycles. The molecular weight excluding hydrogens is 355 g/mol. The lowest BCUT2D eigenvalue weighted by Crippen LogP contribution is -2.13. The van der Waals surface area contributed by atoms with Crippen molar-refractivity contribution in [1.29, 1.82) is 0 Å². The second kappa shape index (κ2) is 12.0. The van der Waals surface area contributed by atoms with E-state index in [2.05, 4.69) is 55.5 Å². The summed E-state index contributed by atoms with van der Waals surface area (Å²) in [6, 6.07) is 18.4. The van der Waals surface area contributed by atoms with Gasteiger partial charge in [0.2, 0.25) is 0 Å². The molecule has 0 saturated heterocycles. The Hall–Kier alpha value is -1.89. The smallest absolute Gasteiger partial charge is 0.0827 e. The quantitative estimate of drug-likeness (QED) is 0.354. The zero-order valence-electron chi connectivity index (χ0n) is 18.1. The number of allylic oxidation sites excluding steroid dienone is 1. The molecular formula is C28H37F. The molecule has 0 spiro atoms. The van der Waals surface area contributed by atoms with Gasteiger partial charge < -0.3 is 0 Å². The average Bonchev–Trinajstić information content (AvgIpc) is 2.78. The fraction of sp³-hybridized carbons (Fsp3) is 0.500. The Kier molecular flexibility index (Phi) is 8.99. The number of benzene rings is 2. The van der Waals surface area contributed by atoms with Crippen LogP contribution in [0, 0.1) is 5.92 Å². The van der Waals surface area contributed by atoms with Gasteiger partial charge in [0.1, 0.15) is 0 Å². The molecule has 0 heterocycles. The molecule has 1 heteroatoms. The zero-order valence-corrected chi connectivity index (χ0v) is 18.1. The van der Waals surface area contributed by atoms with Gasteiger partial charge in [-0.25, -0.2) is 4.39 Å². The van der Waals surface area contributed by atoms with Gasteiger partial charge in [0.15, 0.2) is 0 Å². The van der Waals surface area contributed by atoms with Crippen molar-refractivity contribution in [2.75, 3.05) is 0 Å². The molecule has 0 atom stereocenters. The normalized spacial score (nSPS) is 19.7. The van der Waals surface area contributed by atoms with Crippen LogP contribution in [0.2, 0.25) is 0 Å². The van der Waals surface area contributed by atoms with Crippen molar-refractivity contribution < 1.29 is 4.39 Å². The van der Waals surface area contributed by atoms with Crippen molar-refractivity contribution in [2.24, 2.45) is 5.92 Å². The number of hydrogen-bond donors (Lipinski definition) is 0. The number of hydrogen-bond acceptors (Lipinski definition) is 0. The van der Waals surface area contributed by atoms with Crippen molar-refractivity contribution in [3.8, 4) is 11.1 Å². The topological polar surface area (TPSA) is 0 Å². The standard InChI is InChI=1S/C28H37F/c1-2-3-4-5-8-23-10-14-25(15-11-23)27-18-20-28(21-19-27)26-16-12-24(13-17-26)9-6-7-22-29/h7,10-11,14-15,18-22,24,26H,2-6,8-9,12-13,16-17H2,1H3/t24-,26-. The lowest BCUT2D eigenvalue weighted by Gasteiger charge is -2.28. The number of halogens is 1. The molecule has 2 aromatic carbocycles. The highest BCUT2D eigenvalue weighted by Crippen LogP contribution is 2.38. The molecule has 1 fully saturated rings. The van der Waals surface area contributed by atoms with E-state index in [1.807, 2.05) is 0 Å². The Morgan fingerprint density at radius 1 is 0.828 bits per heavy atom. The van der Waals surface area contributed by atoms with E-state index in [4.69, 9.17) is 0 Å². The van der Waals surface area contributed by atoms with Gasteiger partial charge in [0.05, 0.1) is 6.33 Å². The highest BCUT2D eigenvalue weighted by molar-refractivity contribution is 5.64. The van der Waals surface area contributed by atoms with E-state index in [0.29, 0.717) is 12.2 Å². The minimum atomic E-state index is 0.689. The van der Waals surface area contributed by atoms with Crippen LogP contribution in [0.15, 0.2) is 60.9 Å². The van der Waals surface area contributed by atoms with Gasteiger partial charge in [-0.15, -0.1) is 0 Å². The van der Waals surface area contributed by atoms with Crippen molar-refractivity contribution >= 4 is 0 Å². The van der Waals surface area contributed by atoms with Gasteiger partial charge in [-0.3, -0.25) is 0 Å². The van der Waals surface area contributed by atoms with Crippen LogP contribution in [0.25, 0.3) is 11.1 Å². The van der Waals surface area contributed by atoms with Gasteiger partial charge >= 0.3 is 0 Å². The predicted octanol–water partition coefficient (Wildman–Crippen LogP) is 9.01. The summed E-state index contributed by atoms with van der Waals surface area (Å²) in [5, 5.41) is 0. The van der Waals surface area contributed by atoms with Crippen molar-refractivity contribution in [1.82, 2.24) is 0 Å². The van der Waals surface area contributed by atoms with E-state index >= 15 is 0 Å². The van der Waals surface area contributed by atoms with E-state index < -0.39 is 0 Å². The fourth-order valence-electron chi connectivity index (χ4n) is 4.75. The molecule has 0 unspecified atom stereocenters. The van der Waals surface area contributed by atoms with Crippen molar-refractivity contribution in [3.05, 3.63) is 72.1 Å². The summed E-state index contributed by atoms with van der Waals surface area (Å²) >= 11 is 0.